The maximum absolute atomic E-state index is 10.9. The van der Waals surface area contributed by atoms with Gasteiger partial charge in [-0.15, -0.1) is 0 Å². The third-order valence-electron chi connectivity index (χ3n) is 2.62. The van der Waals surface area contributed by atoms with Gasteiger partial charge in [-0.3, -0.25) is 10.1 Å². The zero-order valence-electron chi connectivity index (χ0n) is 10.0. The summed E-state index contributed by atoms with van der Waals surface area (Å²) in [5.41, 5.74) is 0.879. The van der Waals surface area contributed by atoms with E-state index in [1.807, 2.05) is 19.9 Å². The van der Waals surface area contributed by atoms with E-state index in [0.29, 0.717) is 18.3 Å². The van der Waals surface area contributed by atoms with Crippen LogP contribution in [0.25, 0.3) is 0 Å². The normalized spacial score (nSPS) is 12.2. The molecule has 1 rings (SSSR count). The molecule has 1 aromatic rings. The third kappa shape index (κ3) is 3.93. The molecule has 17 heavy (non-hydrogen) atoms. The summed E-state index contributed by atoms with van der Waals surface area (Å²) in [5.74, 6) is 1.37. The molecule has 0 spiro atoms. The van der Waals surface area contributed by atoms with E-state index in [2.05, 4.69) is 12.6 Å². The molecule has 5 heteroatoms. The van der Waals surface area contributed by atoms with Crippen molar-refractivity contribution in [2.75, 3.05) is 12.4 Å². The van der Waals surface area contributed by atoms with Crippen LogP contribution in [0.5, 0.6) is 5.75 Å². The average Bonchev–Trinajstić information content (AvgIpc) is 2.31. The first-order valence-electron chi connectivity index (χ1n) is 5.57. The number of nitro groups is 1. The number of hydrogen-bond donors (Lipinski definition) is 1. The number of nitrogens with zero attached hydrogens (tertiary/aromatic N) is 1. The molecule has 0 aromatic heterocycles. The first-order valence-corrected chi connectivity index (χ1v) is 6.20. The maximum atomic E-state index is 10.9. The van der Waals surface area contributed by atoms with Crippen LogP contribution in [0.3, 0.4) is 0 Å². The number of thiol groups is 1. The Labute approximate surface area is 107 Å². The fraction of sp³-hybridized carbons (Fsp3) is 0.500. The Balaban J connectivity index is 2.80. The maximum Gasteiger partial charge on any atom is 0.311 e. The molecule has 4 nitrogen and oxygen atoms in total. The second-order valence-electron chi connectivity index (χ2n) is 4.00. The van der Waals surface area contributed by atoms with Gasteiger partial charge >= 0.3 is 5.69 Å². The number of hydrogen-bond acceptors (Lipinski definition) is 4. The molecule has 0 radical (unpaired) electrons. The van der Waals surface area contributed by atoms with Crippen LogP contribution in [0.4, 0.5) is 5.69 Å². The molecule has 0 amide bonds. The van der Waals surface area contributed by atoms with Gasteiger partial charge in [0.2, 0.25) is 0 Å². The lowest BCUT2D eigenvalue weighted by atomic mass is 10.1. The number of benzene rings is 1. The Morgan fingerprint density at radius 3 is 2.76 bits per heavy atom. The lowest BCUT2D eigenvalue weighted by Gasteiger charge is -2.13. The Hall–Kier alpha value is -1.23. The number of aryl methyl sites for hydroxylation is 1. The van der Waals surface area contributed by atoms with Gasteiger partial charge in [0.1, 0.15) is 0 Å². The molecule has 0 aliphatic heterocycles. The highest BCUT2D eigenvalue weighted by molar-refractivity contribution is 7.80. The standard InChI is InChI=1S/C12H17NO3S/c1-3-10(8-17)7-16-12-5-4-9(2)6-11(12)13(14)15/h4-6,10,17H,3,7-8H2,1-2H3. The zero-order chi connectivity index (χ0) is 12.8. The lowest BCUT2D eigenvalue weighted by Crippen LogP contribution is -2.13. The van der Waals surface area contributed by atoms with Gasteiger partial charge in [0.25, 0.3) is 0 Å². The number of nitro benzene ring substituents is 1. The molecule has 1 aromatic carbocycles. The highest BCUT2D eigenvalue weighted by Crippen LogP contribution is 2.28. The van der Waals surface area contributed by atoms with E-state index in [9.17, 15) is 10.1 Å². The van der Waals surface area contributed by atoms with Gasteiger partial charge in [0.05, 0.1) is 11.5 Å². The summed E-state index contributed by atoms with van der Waals surface area (Å²) in [6.07, 6.45) is 0.948. The molecule has 94 valence electrons. The fourth-order valence-electron chi connectivity index (χ4n) is 1.40. The molecule has 1 unspecified atom stereocenters. The van der Waals surface area contributed by atoms with Crippen molar-refractivity contribution in [3.05, 3.63) is 33.9 Å². The summed E-state index contributed by atoms with van der Waals surface area (Å²) in [7, 11) is 0. The second kappa shape index (κ2) is 6.49. The summed E-state index contributed by atoms with van der Waals surface area (Å²) in [6, 6.07) is 4.99. The third-order valence-corrected chi connectivity index (χ3v) is 3.14. The largest absolute Gasteiger partial charge is 0.486 e. The van der Waals surface area contributed by atoms with E-state index in [-0.39, 0.29) is 5.69 Å². The summed E-state index contributed by atoms with van der Waals surface area (Å²) in [4.78, 5) is 10.5. The second-order valence-corrected chi connectivity index (χ2v) is 4.36. The van der Waals surface area contributed by atoms with Gasteiger partial charge in [-0.25, -0.2) is 0 Å². The van der Waals surface area contributed by atoms with Crippen molar-refractivity contribution in [3.8, 4) is 5.75 Å². The van der Waals surface area contributed by atoms with Crippen molar-refractivity contribution in [2.24, 2.45) is 5.92 Å². The van der Waals surface area contributed by atoms with Crippen molar-refractivity contribution < 1.29 is 9.66 Å². The first kappa shape index (κ1) is 13.8. The lowest BCUT2D eigenvalue weighted by molar-refractivity contribution is -0.385. The van der Waals surface area contributed by atoms with Crippen LogP contribution in [0.2, 0.25) is 0 Å². The van der Waals surface area contributed by atoms with Crippen molar-refractivity contribution >= 4 is 18.3 Å². The molecule has 0 saturated carbocycles. The van der Waals surface area contributed by atoms with Crippen molar-refractivity contribution in [1.29, 1.82) is 0 Å². The Morgan fingerprint density at radius 1 is 1.53 bits per heavy atom. The first-order chi connectivity index (χ1) is 8.08. The summed E-state index contributed by atoms with van der Waals surface area (Å²) in [5, 5.41) is 10.9. The molecule has 0 heterocycles. The number of rotatable bonds is 6. The van der Waals surface area contributed by atoms with Crippen molar-refractivity contribution in [1.82, 2.24) is 0 Å². The van der Waals surface area contributed by atoms with Crippen LogP contribution in [-0.4, -0.2) is 17.3 Å². The fourth-order valence-corrected chi connectivity index (χ4v) is 1.76. The average molecular weight is 255 g/mol. The predicted molar refractivity (Wildman–Crippen MR) is 71.0 cm³/mol. The molecule has 0 aliphatic carbocycles. The number of ether oxygens (including phenoxy) is 1. The van der Waals surface area contributed by atoms with Gasteiger partial charge in [-0.2, -0.15) is 12.6 Å². The SMILES string of the molecule is CCC(CS)COc1ccc(C)cc1[N+](=O)[O-]. The zero-order valence-corrected chi connectivity index (χ0v) is 10.9. The topological polar surface area (TPSA) is 52.4 Å². The predicted octanol–water partition coefficient (Wildman–Crippen LogP) is 3.24. The van der Waals surface area contributed by atoms with E-state index < -0.39 is 4.92 Å². The summed E-state index contributed by atoms with van der Waals surface area (Å²) in [6.45, 7) is 4.33. The van der Waals surface area contributed by atoms with Crippen LogP contribution in [0.15, 0.2) is 18.2 Å². The van der Waals surface area contributed by atoms with Gasteiger partial charge in [0.15, 0.2) is 5.75 Å². The van der Waals surface area contributed by atoms with Crippen LogP contribution < -0.4 is 4.74 Å². The molecule has 1 atom stereocenters. The molecule has 0 saturated heterocycles. The van der Waals surface area contributed by atoms with Crippen LogP contribution in [0.1, 0.15) is 18.9 Å². The molecule has 0 aliphatic rings. The highest BCUT2D eigenvalue weighted by Gasteiger charge is 2.16. The summed E-state index contributed by atoms with van der Waals surface area (Å²) < 4.78 is 5.51. The van der Waals surface area contributed by atoms with E-state index >= 15 is 0 Å². The molecule has 0 N–H and O–H groups in total. The van der Waals surface area contributed by atoms with E-state index in [0.717, 1.165) is 17.7 Å². The Morgan fingerprint density at radius 2 is 2.24 bits per heavy atom. The van der Waals surface area contributed by atoms with Crippen molar-refractivity contribution in [3.63, 3.8) is 0 Å². The van der Waals surface area contributed by atoms with Crippen LogP contribution in [0, 0.1) is 23.0 Å². The molecule has 0 bridgehead atoms. The van der Waals surface area contributed by atoms with Crippen LogP contribution >= 0.6 is 12.6 Å². The van der Waals surface area contributed by atoms with Crippen LogP contribution in [-0.2, 0) is 0 Å². The van der Waals surface area contributed by atoms with E-state index in [1.54, 1.807) is 6.07 Å². The van der Waals surface area contributed by atoms with Gasteiger partial charge < -0.3 is 4.74 Å². The minimum absolute atomic E-state index is 0.0269. The Kier molecular flexibility index (Phi) is 5.28. The van der Waals surface area contributed by atoms with Gasteiger partial charge in [0, 0.05) is 12.0 Å². The minimum Gasteiger partial charge on any atom is -0.486 e. The van der Waals surface area contributed by atoms with E-state index in [1.165, 1.54) is 6.07 Å². The molecule has 0 fully saturated rings. The molecular formula is C12H17NO3S. The summed E-state index contributed by atoms with van der Waals surface area (Å²) >= 11 is 4.21. The van der Waals surface area contributed by atoms with Crippen molar-refractivity contribution in [2.45, 2.75) is 20.3 Å². The highest BCUT2D eigenvalue weighted by atomic mass is 32.1. The quantitative estimate of drug-likeness (QED) is 0.482. The monoisotopic (exact) mass is 255 g/mol. The van der Waals surface area contributed by atoms with Gasteiger partial charge in [-0.1, -0.05) is 13.0 Å². The minimum atomic E-state index is -0.413. The smallest absolute Gasteiger partial charge is 0.311 e. The Bertz CT molecular complexity index is 391. The van der Waals surface area contributed by atoms with E-state index in [4.69, 9.17) is 4.74 Å². The molecular weight excluding hydrogens is 238 g/mol. The van der Waals surface area contributed by atoms with Gasteiger partial charge in [-0.05, 0) is 30.7 Å².